The molecule has 1 aromatic rings. The molecular weight excluding hydrogens is 258 g/mol. The maximum absolute atomic E-state index is 6.07. The molecule has 0 aliphatic heterocycles. The van der Waals surface area contributed by atoms with Crippen molar-refractivity contribution in [1.82, 2.24) is 9.97 Å². The molecule has 2 fully saturated rings. The van der Waals surface area contributed by atoms with Crippen LogP contribution in [0, 0.1) is 17.8 Å². The zero-order valence-corrected chi connectivity index (χ0v) is 12.5. The van der Waals surface area contributed by atoms with Crippen LogP contribution in [0.4, 0.5) is 5.82 Å². The molecule has 0 spiro atoms. The highest BCUT2D eigenvalue weighted by molar-refractivity contribution is 6.29. The lowest BCUT2D eigenvalue weighted by molar-refractivity contribution is 0.337. The van der Waals surface area contributed by atoms with Crippen molar-refractivity contribution in [3.63, 3.8) is 0 Å². The van der Waals surface area contributed by atoms with E-state index >= 15 is 0 Å². The number of hydrogen-bond donors (Lipinski definition) is 0. The number of fused-ring (bicyclic) bond motifs is 2. The molecule has 104 valence electrons. The van der Waals surface area contributed by atoms with Crippen molar-refractivity contribution in [1.29, 1.82) is 0 Å². The maximum atomic E-state index is 6.07. The first-order valence-corrected chi connectivity index (χ1v) is 7.78. The zero-order valence-electron chi connectivity index (χ0n) is 11.8. The smallest absolute Gasteiger partial charge is 0.134 e. The van der Waals surface area contributed by atoms with Crippen molar-refractivity contribution in [3.8, 4) is 0 Å². The SMILES string of the molecule is CCc1nc(Cl)cc(N(C)CC2CC3CCC2C3)n1. The molecular formula is C15H22ClN3. The number of hydrogen-bond acceptors (Lipinski definition) is 3. The molecule has 4 heteroatoms. The lowest BCUT2D eigenvalue weighted by atomic mass is 9.88. The average molecular weight is 280 g/mol. The van der Waals surface area contributed by atoms with Crippen LogP contribution in [0.5, 0.6) is 0 Å². The molecule has 1 aromatic heterocycles. The first-order valence-electron chi connectivity index (χ1n) is 7.40. The number of aryl methyl sites for hydroxylation is 1. The van der Waals surface area contributed by atoms with E-state index in [-0.39, 0.29) is 0 Å². The minimum absolute atomic E-state index is 0.557. The molecule has 2 saturated carbocycles. The van der Waals surface area contributed by atoms with Gasteiger partial charge in [0.2, 0.25) is 0 Å². The largest absolute Gasteiger partial charge is 0.359 e. The molecule has 2 aliphatic rings. The molecule has 3 atom stereocenters. The van der Waals surface area contributed by atoms with Crippen LogP contribution in [-0.4, -0.2) is 23.6 Å². The summed E-state index contributed by atoms with van der Waals surface area (Å²) < 4.78 is 0. The number of aromatic nitrogens is 2. The summed E-state index contributed by atoms with van der Waals surface area (Å²) in [4.78, 5) is 11.1. The van der Waals surface area contributed by atoms with Crippen LogP contribution in [0.15, 0.2) is 6.07 Å². The van der Waals surface area contributed by atoms with Crippen molar-refractivity contribution in [3.05, 3.63) is 17.0 Å². The lowest BCUT2D eigenvalue weighted by Crippen LogP contribution is -2.29. The zero-order chi connectivity index (χ0) is 13.4. The van der Waals surface area contributed by atoms with Gasteiger partial charge in [0.25, 0.3) is 0 Å². The van der Waals surface area contributed by atoms with Crippen LogP contribution >= 0.6 is 11.6 Å². The van der Waals surface area contributed by atoms with Gasteiger partial charge in [-0.25, -0.2) is 9.97 Å². The molecule has 3 rings (SSSR count). The van der Waals surface area contributed by atoms with Crippen LogP contribution in [0.1, 0.15) is 38.4 Å². The summed E-state index contributed by atoms with van der Waals surface area (Å²) in [5.74, 6) is 4.61. The summed E-state index contributed by atoms with van der Waals surface area (Å²) in [6, 6.07) is 1.88. The molecule has 3 nitrogen and oxygen atoms in total. The first kappa shape index (κ1) is 13.2. The summed E-state index contributed by atoms with van der Waals surface area (Å²) in [6.45, 7) is 3.17. The van der Waals surface area contributed by atoms with Gasteiger partial charge in [-0.2, -0.15) is 0 Å². The van der Waals surface area contributed by atoms with Crippen molar-refractivity contribution in [2.24, 2.45) is 17.8 Å². The second-order valence-electron chi connectivity index (χ2n) is 6.13. The predicted molar refractivity (Wildman–Crippen MR) is 78.6 cm³/mol. The summed E-state index contributed by atoms with van der Waals surface area (Å²) in [5, 5.41) is 0.557. The highest BCUT2D eigenvalue weighted by atomic mass is 35.5. The Morgan fingerprint density at radius 3 is 2.79 bits per heavy atom. The Morgan fingerprint density at radius 2 is 2.16 bits per heavy atom. The Kier molecular flexibility index (Phi) is 3.66. The fraction of sp³-hybridized carbons (Fsp3) is 0.733. The minimum Gasteiger partial charge on any atom is -0.359 e. The van der Waals surface area contributed by atoms with Gasteiger partial charge in [-0.3, -0.25) is 0 Å². The van der Waals surface area contributed by atoms with Gasteiger partial charge in [0.1, 0.15) is 16.8 Å². The van der Waals surface area contributed by atoms with E-state index < -0.39 is 0 Å². The van der Waals surface area contributed by atoms with Gasteiger partial charge in [-0.1, -0.05) is 24.9 Å². The molecule has 2 aliphatic carbocycles. The van der Waals surface area contributed by atoms with Gasteiger partial charge < -0.3 is 4.90 Å². The van der Waals surface area contributed by atoms with E-state index in [9.17, 15) is 0 Å². The summed E-state index contributed by atoms with van der Waals surface area (Å²) >= 11 is 6.07. The van der Waals surface area contributed by atoms with Crippen LogP contribution in [0.25, 0.3) is 0 Å². The van der Waals surface area contributed by atoms with Crippen LogP contribution in [0.3, 0.4) is 0 Å². The number of nitrogens with zero attached hydrogens (tertiary/aromatic N) is 3. The van der Waals surface area contributed by atoms with Gasteiger partial charge in [0.05, 0.1) is 0 Å². The Hall–Kier alpha value is -0.830. The molecule has 0 radical (unpaired) electrons. The second kappa shape index (κ2) is 5.28. The number of halogens is 1. The van der Waals surface area contributed by atoms with E-state index in [1.165, 1.54) is 25.7 Å². The lowest BCUT2D eigenvalue weighted by Gasteiger charge is -2.28. The van der Waals surface area contributed by atoms with Crippen molar-refractivity contribution in [2.45, 2.75) is 39.0 Å². The van der Waals surface area contributed by atoms with Crippen molar-refractivity contribution in [2.75, 3.05) is 18.5 Å². The van der Waals surface area contributed by atoms with E-state index in [1.54, 1.807) is 0 Å². The molecule has 0 amide bonds. The Labute approximate surface area is 120 Å². The molecule has 2 bridgehead atoms. The molecule has 0 N–H and O–H groups in total. The Bertz CT molecular complexity index is 463. The molecule has 1 heterocycles. The molecule has 19 heavy (non-hydrogen) atoms. The van der Waals surface area contributed by atoms with Gasteiger partial charge in [-0.05, 0) is 37.0 Å². The molecule has 0 saturated heterocycles. The highest BCUT2D eigenvalue weighted by Gasteiger charge is 2.39. The molecule has 3 unspecified atom stereocenters. The van der Waals surface area contributed by atoms with E-state index in [0.717, 1.165) is 42.4 Å². The van der Waals surface area contributed by atoms with Gasteiger partial charge in [0, 0.05) is 26.1 Å². The number of rotatable bonds is 4. The second-order valence-corrected chi connectivity index (χ2v) is 6.52. The van der Waals surface area contributed by atoms with Crippen molar-refractivity contribution >= 4 is 17.4 Å². The topological polar surface area (TPSA) is 29.0 Å². The summed E-state index contributed by atoms with van der Waals surface area (Å²) in [7, 11) is 2.13. The predicted octanol–water partition coefficient (Wildman–Crippen LogP) is 3.56. The third-order valence-corrected chi connectivity index (χ3v) is 5.02. The molecule has 0 aromatic carbocycles. The van der Waals surface area contributed by atoms with Crippen molar-refractivity contribution < 1.29 is 0 Å². The van der Waals surface area contributed by atoms with Crippen LogP contribution < -0.4 is 4.90 Å². The van der Waals surface area contributed by atoms with Gasteiger partial charge in [0.15, 0.2) is 0 Å². The third kappa shape index (κ3) is 2.71. The van der Waals surface area contributed by atoms with Crippen LogP contribution in [-0.2, 0) is 6.42 Å². The fourth-order valence-electron chi connectivity index (χ4n) is 3.85. The minimum atomic E-state index is 0.557. The summed E-state index contributed by atoms with van der Waals surface area (Å²) in [5.41, 5.74) is 0. The number of anilines is 1. The highest BCUT2D eigenvalue weighted by Crippen LogP contribution is 2.48. The van der Waals surface area contributed by atoms with E-state index in [4.69, 9.17) is 11.6 Å². The standard InChI is InChI=1S/C15H22ClN3/c1-3-14-17-13(16)8-15(18-14)19(2)9-12-7-10-4-5-11(12)6-10/h8,10-12H,3-7,9H2,1-2H3. The summed E-state index contributed by atoms with van der Waals surface area (Å²) in [6.07, 6.45) is 6.60. The van der Waals surface area contributed by atoms with Gasteiger partial charge in [-0.15, -0.1) is 0 Å². The normalized spacial score (nSPS) is 28.9. The van der Waals surface area contributed by atoms with Crippen LogP contribution in [0.2, 0.25) is 5.15 Å². The third-order valence-electron chi connectivity index (χ3n) is 4.83. The quantitative estimate of drug-likeness (QED) is 0.789. The Morgan fingerprint density at radius 1 is 1.32 bits per heavy atom. The Balaban J connectivity index is 1.70. The maximum Gasteiger partial charge on any atom is 0.134 e. The fourth-order valence-corrected chi connectivity index (χ4v) is 4.05. The average Bonchev–Trinajstić information content (AvgIpc) is 3.00. The first-order chi connectivity index (χ1) is 9.15. The van der Waals surface area contributed by atoms with Gasteiger partial charge >= 0.3 is 0 Å². The van der Waals surface area contributed by atoms with E-state index in [1.807, 2.05) is 6.07 Å². The van der Waals surface area contributed by atoms with E-state index in [2.05, 4.69) is 28.8 Å². The monoisotopic (exact) mass is 279 g/mol. The van der Waals surface area contributed by atoms with E-state index in [0.29, 0.717) is 5.15 Å².